The standard InChI is InChI=1S/C20H26N4O3/c1-14-15(2)21-22-17(14)8-9-19(25)23-10-12-24(13-11-23)20(26)16-6-4-5-7-18(16)27-3/h4-7H,8-13H2,1-3H3,(H,21,22). The number of hydrogen-bond donors (Lipinski definition) is 1. The summed E-state index contributed by atoms with van der Waals surface area (Å²) in [4.78, 5) is 28.9. The van der Waals surface area contributed by atoms with E-state index in [9.17, 15) is 9.59 Å². The number of piperazine rings is 1. The minimum atomic E-state index is -0.0535. The third-order valence-corrected chi connectivity index (χ3v) is 5.19. The maximum absolute atomic E-state index is 12.7. The molecule has 1 aromatic carbocycles. The van der Waals surface area contributed by atoms with Gasteiger partial charge in [0, 0.05) is 44.7 Å². The number of aromatic nitrogens is 2. The Morgan fingerprint density at radius 1 is 1.11 bits per heavy atom. The first kappa shape index (κ1) is 18.9. The number of aromatic amines is 1. The van der Waals surface area contributed by atoms with Gasteiger partial charge in [0.1, 0.15) is 5.75 Å². The topological polar surface area (TPSA) is 78.5 Å². The molecule has 2 amide bonds. The van der Waals surface area contributed by atoms with Crippen molar-refractivity contribution in [3.8, 4) is 5.75 Å². The van der Waals surface area contributed by atoms with Gasteiger partial charge in [0.2, 0.25) is 5.91 Å². The van der Waals surface area contributed by atoms with Crippen LogP contribution in [0.15, 0.2) is 24.3 Å². The van der Waals surface area contributed by atoms with Gasteiger partial charge in [0.25, 0.3) is 5.91 Å². The summed E-state index contributed by atoms with van der Waals surface area (Å²) in [6, 6.07) is 7.22. The molecule has 2 aromatic rings. The number of carbonyl (C=O) groups excluding carboxylic acids is 2. The molecule has 0 aliphatic carbocycles. The van der Waals surface area contributed by atoms with Crippen LogP contribution in [-0.4, -0.2) is 65.1 Å². The summed E-state index contributed by atoms with van der Waals surface area (Å²) in [5.74, 6) is 0.632. The number of nitrogens with zero attached hydrogens (tertiary/aromatic N) is 3. The SMILES string of the molecule is COc1ccccc1C(=O)N1CCN(C(=O)CCc2n[nH]c(C)c2C)CC1. The first-order valence-electron chi connectivity index (χ1n) is 9.21. The van der Waals surface area contributed by atoms with E-state index in [4.69, 9.17) is 4.74 Å². The van der Waals surface area contributed by atoms with Gasteiger partial charge < -0.3 is 14.5 Å². The lowest BCUT2D eigenvalue weighted by Crippen LogP contribution is -2.50. The molecule has 1 aliphatic heterocycles. The second-order valence-corrected chi connectivity index (χ2v) is 6.79. The van der Waals surface area contributed by atoms with Gasteiger partial charge in [-0.05, 0) is 31.5 Å². The van der Waals surface area contributed by atoms with Gasteiger partial charge in [-0.2, -0.15) is 5.10 Å². The summed E-state index contributed by atoms with van der Waals surface area (Å²) in [5, 5.41) is 7.21. The second-order valence-electron chi connectivity index (χ2n) is 6.79. The molecular formula is C20H26N4O3. The van der Waals surface area contributed by atoms with E-state index in [0.29, 0.717) is 50.3 Å². The number of para-hydroxylation sites is 1. The Kier molecular flexibility index (Phi) is 5.78. The first-order chi connectivity index (χ1) is 13.0. The van der Waals surface area contributed by atoms with Crippen molar-refractivity contribution in [2.45, 2.75) is 26.7 Å². The van der Waals surface area contributed by atoms with Crippen LogP contribution in [0, 0.1) is 13.8 Å². The molecule has 7 nitrogen and oxygen atoms in total. The first-order valence-corrected chi connectivity index (χ1v) is 9.21. The summed E-state index contributed by atoms with van der Waals surface area (Å²) in [7, 11) is 1.56. The maximum atomic E-state index is 12.7. The molecule has 1 fully saturated rings. The molecule has 27 heavy (non-hydrogen) atoms. The Balaban J connectivity index is 1.53. The average Bonchev–Trinajstić information content (AvgIpc) is 3.03. The third kappa shape index (κ3) is 4.13. The Labute approximate surface area is 159 Å². The number of methoxy groups -OCH3 is 1. The molecule has 0 spiro atoms. The normalized spacial score (nSPS) is 14.3. The van der Waals surface area contributed by atoms with Crippen molar-refractivity contribution >= 4 is 11.8 Å². The summed E-state index contributed by atoms with van der Waals surface area (Å²) >= 11 is 0. The highest BCUT2D eigenvalue weighted by atomic mass is 16.5. The van der Waals surface area contributed by atoms with Gasteiger partial charge in [-0.15, -0.1) is 0 Å². The van der Waals surface area contributed by atoms with Crippen molar-refractivity contribution in [2.24, 2.45) is 0 Å². The molecule has 0 unspecified atom stereocenters. The Bertz CT molecular complexity index is 822. The van der Waals surface area contributed by atoms with Crippen molar-refractivity contribution in [3.63, 3.8) is 0 Å². The number of nitrogens with one attached hydrogen (secondary N) is 1. The van der Waals surface area contributed by atoms with E-state index in [0.717, 1.165) is 17.0 Å². The molecule has 1 saturated heterocycles. The van der Waals surface area contributed by atoms with Crippen molar-refractivity contribution in [1.29, 1.82) is 0 Å². The summed E-state index contributed by atoms with van der Waals surface area (Å²) in [5.41, 5.74) is 3.67. The van der Waals surface area contributed by atoms with Crippen LogP contribution in [0.2, 0.25) is 0 Å². The number of hydrogen-bond acceptors (Lipinski definition) is 4. The average molecular weight is 370 g/mol. The summed E-state index contributed by atoms with van der Waals surface area (Å²) in [6.45, 7) is 6.16. The molecule has 1 N–H and O–H groups in total. The number of benzene rings is 1. The Hall–Kier alpha value is -2.83. The van der Waals surface area contributed by atoms with Crippen LogP contribution in [0.4, 0.5) is 0 Å². The quantitative estimate of drug-likeness (QED) is 0.873. The molecule has 7 heteroatoms. The van der Waals surface area contributed by atoms with Crippen LogP contribution in [0.5, 0.6) is 5.75 Å². The van der Waals surface area contributed by atoms with E-state index < -0.39 is 0 Å². The zero-order valence-electron chi connectivity index (χ0n) is 16.1. The largest absolute Gasteiger partial charge is 0.496 e. The van der Waals surface area contributed by atoms with Gasteiger partial charge in [-0.1, -0.05) is 12.1 Å². The van der Waals surface area contributed by atoms with Crippen LogP contribution in [0.1, 0.15) is 33.7 Å². The van der Waals surface area contributed by atoms with Gasteiger partial charge in [0.15, 0.2) is 0 Å². The number of H-pyrrole nitrogens is 1. The Morgan fingerprint density at radius 3 is 2.41 bits per heavy atom. The van der Waals surface area contributed by atoms with Crippen LogP contribution in [-0.2, 0) is 11.2 Å². The van der Waals surface area contributed by atoms with Crippen molar-refractivity contribution in [3.05, 3.63) is 46.8 Å². The molecule has 2 heterocycles. The number of carbonyl (C=O) groups is 2. The number of aryl methyl sites for hydroxylation is 2. The van der Waals surface area contributed by atoms with E-state index in [2.05, 4.69) is 10.2 Å². The summed E-state index contributed by atoms with van der Waals surface area (Å²) in [6.07, 6.45) is 1.07. The fraction of sp³-hybridized carbons (Fsp3) is 0.450. The Morgan fingerprint density at radius 2 is 1.78 bits per heavy atom. The van der Waals surface area contributed by atoms with Crippen LogP contribution >= 0.6 is 0 Å². The van der Waals surface area contributed by atoms with Crippen molar-refractivity contribution < 1.29 is 14.3 Å². The molecule has 1 aromatic heterocycles. The molecule has 3 rings (SSSR count). The highest BCUT2D eigenvalue weighted by Crippen LogP contribution is 2.20. The van der Waals surface area contributed by atoms with Gasteiger partial charge >= 0.3 is 0 Å². The number of amides is 2. The molecular weight excluding hydrogens is 344 g/mol. The molecule has 0 atom stereocenters. The van der Waals surface area contributed by atoms with Gasteiger partial charge in [-0.25, -0.2) is 0 Å². The fourth-order valence-electron chi connectivity index (χ4n) is 3.31. The van der Waals surface area contributed by atoms with E-state index in [1.807, 2.05) is 30.9 Å². The van der Waals surface area contributed by atoms with Crippen LogP contribution in [0.3, 0.4) is 0 Å². The minimum absolute atomic E-state index is 0.0535. The van der Waals surface area contributed by atoms with Crippen molar-refractivity contribution in [2.75, 3.05) is 33.3 Å². The van der Waals surface area contributed by atoms with E-state index in [1.165, 1.54) is 0 Å². The van der Waals surface area contributed by atoms with Crippen LogP contribution < -0.4 is 4.74 Å². The van der Waals surface area contributed by atoms with E-state index in [1.54, 1.807) is 24.1 Å². The highest BCUT2D eigenvalue weighted by molar-refractivity contribution is 5.97. The minimum Gasteiger partial charge on any atom is -0.496 e. The monoisotopic (exact) mass is 370 g/mol. The zero-order valence-corrected chi connectivity index (χ0v) is 16.1. The van der Waals surface area contributed by atoms with Crippen molar-refractivity contribution in [1.82, 2.24) is 20.0 Å². The lowest BCUT2D eigenvalue weighted by Gasteiger charge is -2.35. The number of rotatable bonds is 5. The summed E-state index contributed by atoms with van der Waals surface area (Å²) < 4.78 is 5.28. The van der Waals surface area contributed by atoms with Gasteiger partial charge in [0.05, 0.1) is 18.4 Å². The lowest BCUT2D eigenvalue weighted by molar-refractivity contribution is -0.132. The maximum Gasteiger partial charge on any atom is 0.257 e. The molecule has 0 bridgehead atoms. The predicted molar refractivity (Wildman–Crippen MR) is 102 cm³/mol. The number of ether oxygens (including phenoxy) is 1. The molecule has 0 radical (unpaired) electrons. The van der Waals surface area contributed by atoms with E-state index in [-0.39, 0.29) is 11.8 Å². The fourth-order valence-corrected chi connectivity index (χ4v) is 3.31. The van der Waals surface area contributed by atoms with E-state index >= 15 is 0 Å². The predicted octanol–water partition coefficient (Wildman–Crippen LogP) is 1.95. The molecule has 144 valence electrons. The smallest absolute Gasteiger partial charge is 0.257 e. The zero-order chi connectivity index (χ0) is 19.4. The second kappa shape index (κ2) is 8.24. The lowest BCUT2D eigenvalue weighted by atomic mass is 10.1. The molecule has 1 aliphatic rings. The molecule has 0 saturated carbocycles. The van der Waals surface area contributed by atoms with Gasteiger partial charge in [-0.3, -0.25) is 14.7 Å². The third-order valence-electron chi connectivity index (χ3n) is 5.19. The highest BCUT2D eigenvalue weighted by Gasteiger charge is 2.26. The van der Waals surface area contributed by atoms with Crippen LogP contribution in [0.25, 0.3) is 0 Å².